The topological polar surface area (TPSA) is 81.2 Å². The second-order valence-corrected chi connectivity index (χ2v) is 7.68. The highest BCUT2D eigenvalue weighted by atomic mass is 32.2. The number of carbonyl (C=O) groups is 2. The van der Waals surface area contributed by atoms with Gasteiger partial charge >= 0.3 is 5.97 Å². The SMILES string of the molecule is CSc1ncc(NCC(=O)OC(C)(C)C)c(C(=O)C2CCCC2)n1. The molecule has 1 fully saturated rings. The quantitative estimate of drug-likeness (QED) is 0.364. The van der Waals surface area contributed by atoms with Gasteiger partial charge < -0.3 is 10.1 Å². The number of aromatic nitrogens is 2. The summed E-state index contributed by atoms with van der Waals surface area (Å²) in [7, 11) is 0. The van der Waals surface area contributed by atoms with E-state index in [-0.39, 0.29) is 24.2 Å². The summed E-state index contributed by atoms with van der Waals surface area (Å²) >= 11 is 1.39. The molecule has 132 valence electrons. The highest BCUT2D eigenvalue weighted by Gasteiger charge is 2.27. The molecule has 1 heterocycles. The van der Waals surface area contributed by atoms with Crippen LogP contribution < -0.4 is 5.32 Å². The number of Topliss-reactive ketones (excluding diaryl/α,β-unsaturated/α-hetero) is 1. The Hall–Kier alpha value is -1.63. The van der Waals surface area contributed by atoms with Crippen LogP contribution in [0.3, 0.4) is 0 Å². The lowest BCUT2D eigenvalue weighted by Gasteiger charge is -2.20. The van der Waals surface area contributed by atoms with E-state index >= 15 is 0 Å². The number of ketones is 1. The smallest absolute Gasteiger partial charge is 0.325 e. The average Bonchev–Trinajstić information content (AvgIpc) is 3.04. The first-order chi connectivity index (χ1) is 11.3. The lowest BCUT2D eigenvalue weighted by Crippen LogP contribution is -2.28. The van der Waals surface area contributed by atoms with Gasteiger partial charge in [-0.05, 0) is 39.9 Å². The van der Waals surface area contributed by atoms with Gasteiger partial charge in [0.15, 0.2) is 10.9 Å². The molecule has 0 aromatic carbocycles. The number of hydrogen-bond donors (Lipinski definition) is 1. The normalized spacial score (nSPS) is 15.3. The number of anilines is 1. The van der Waals surface area contributed by atoms with Gasteiger partial charge in [0.25, 0.3) is 0 Å². The molecule has 2 rings (SSSR count). The minimum atomic E-state index is -0.541. The van der Waals surface area contributed by atoms with E-state index < -0.39 is 5.60 Å². The van der Waals surface area contributed by atoms with Crippen LogP contribution in [0.15, 0.2) is 11.4 Å². The van der Waals surface area contributed by atoms with E-state index in [1.54, 1.807) is 6.20 Å². The van der Waals surface area contributed by atoms with Gasteiger partial charge in [-0.3, -0.25) is 9.59 Å². The predicted molar refractivity (Wildman–Crippen MR) is 94.4 cm³/mol. The van der Waals surface area contributed by atoms with Crippen LogP contribution in [0.4, 0.5) is 5.69 Å². The highest BCUT2D eigenvalue weighted by molar-refractivity contribution is 7.98. The molecule has 1 aliphatic carbocycles. The number of esters is 1. The highest BCUT2D eigenvalue weighted by Crippen LogP contribution is 2.30. The molecule has 1 aromatic heterocycles. The number of nitrogens with one attached hydrogen (secondary N) is 1. The van der Waals surface area contributed by atoms with Crippen LogP contribution in [0.5, 0.6) is 0 Å². The summed E-state index contributed by atoms with van der Waals surface area (Å²) < 4.78 is 5.27. The minimum absolute atomic E-state index is 0.0236. The molecule has 1 aromatic rings. The molecule has 7 heteroatoms. The number of rotatable bonds is 6. The van der Waals surface area contributed by atoms with Crippen LogP contribution in [-0.4, -0.2) is 40.1 Å². The van der Waals surface area contributed by atoms with Gasteiger partial charge in [0, 0.05) is 5.92 Å². The molecule has 1 N–H and O–H groups in total. The molecular formula is C17H25N3O3S. The zero-order valence-electron chi connectivity index (χ0n) is 14.7. The predicted octanol–water partition coefficient (Wildman–Crippen LogP) is 3.33. The van der Waals surface area contributed by atoms with Crippen molar-refractivity contribution in [1.29, 1.82) is 0 Å². The Labute approximate surface area is 147 Å². The number of hydrogen-bond acceptors (Lipinski definition) is 7. The Morgan fingerprint density at radius 2 is 2.00 bits per heavy atom. The second-order valence-electron chi connectivity index (χ2n) is 6.90. The van der Waals surface area contributed by atoms with Crippen LogP contribution in [0.2, 0.25) is 0 Å². The summed E-state index contributed by atoms with van der Waals surface area (Å²) in [5, 5.41) is 3.52. The number of nitrogens with zero attached hydrogens (tertiary/aromatic N) is 2. The minimum Gasteiger partial charge on any atom is -0.459 e. The molecule has 0 amide bonds. The molecule has 0 atom stereocenters. The maximum Gasteiger partial charge on any atom is 0.325 e. The summed E-state index contributed by atoms with van der Waals surface area (Å²) in [4.78, 5) is 33.2. The third kappa shape index (κ3) is 5.19. The van der Waals surface area contributed by atoms with E-state index in [1.165, 1.54) is 11.8 Å². The number of carbonyl (C=O) groups excluding carboxylic acids is 2. The van der Waals surface area contributed by atoms with Gasteiger partial charge in [0.05, 0.1) is 11.9 Å². The van der Waals surface area contributed by atoms with Crippen LogP contribution in [0.1, 0.15) is 56.9 Å². The Morgan fingerprint density at radius 1 is 1.33 bits per heavy atom. The number of ether oxygens (including phenoxy) is 1. The van der Waals surface area contributed by atoms with Gasteiger partial charge in [-0.15, -0.1) is 0 Å². The zero-order valence-corrected chi connectivity index (χ0v) is 15.5. The van der Waals surface area contributed by atoms with Crippen LogP contribution in [-0.2, 0) is 9.53 Å². The van der Waals surface area contributed by atoms with E-state index in [0.29, 0.717) is 16.5 Å². The van der Waals surface area contributed by atoms with Gasteiger partial charge in [-0.1, -0.05) is 24.6 Å². The summed E-state index contributed by atoms with van der Waals surface area (Å²) in [5.41, 5.74) is 0.334. The lowest BCUT2D eigenvalue weighted by molar-refractivity contribution is -0.152. The summed E-state index contributed by atoms with van der Waals surface area (Å²) in [6.45, 7) is 5.42. The molecule has 6 nitrogen and oxygen atoms in total. The van der Waals surface area contributed by atoms with E-state index in [1.807, 2.05) is 27.0 Å². The maximum atomic E-state index is 12.8. The third-order valence-corrected chi connectivity index (χ3v) is 4.31. The Morgan fingerprint density at radius 3 is 2.58 bits per heavy atom. The first kappa shape index (κ1) is 18.7. The van der Waals surface area contributed by atoms with Crippen molar-refractivity contribution in [2.75, 3.05) is 18.1 Å². The van der Waals surface area contributed by atoms with Crippen molar-refractivity contribution in [3.05, 3.63) is 11.9 Å². The molecule has 0 radical (unpaired) electrons. The van der Waals surface area contributed by atoms with Crippen molar-refractivity contribution in [3.63, 3.8) is 0 Å². The first-order valence-corrected chi connectivity index (χ1v) is 9.43. The summed E-state index contributed by atoms with van der Waals surface area (Å²) in [5.74, 6) is -0.315. The largest absolute Gasteiger partial charge is 0.459 e. The summed E-state index contributed by atoms with van der Waals surface area (Å²) in [6, 6.07) is 0. The van der Waals surface area contributed by atoms with Crippen LogP contribution in [0.25, 0.3) is 0 Å². The molecule has 1 aliphatic rings. The van der Waals surface area contributed by atoms with Crippen molar-refractivity contribution in [2.45, 2.75) is 57.2 Å². The maximum absolute atomic E-state index is 12.8. The van der Waals surface area contributed by atoms with Gasteiger partial charge in [-0.2, -0.15) is 0 Å². The second kappa shape index (κ2) is 7.96. The van der Waals surface area contributed by atoms with E-state index in [0.717, 1.165) is 25.7 Å². The van der Waals surface area contributed by atoms with Crippen molar-refractivity contribution < 1.29 is 14.3 Å². The average molecular weight is 351 g/mol. The Kier molecular flexibility index (Phi) is 6.21. The molecule has 0 unspecified atom stereocenters. The van der Waals surface area contributed by atoms with Crippen molar-refractivity contribution in [1.82, 2.24) is 9.97 Å². The van der Waals surface area contributed by atoms with Crippen molar-refractivity contribution >= 4 is 29.2 Å². The fourth-order valence-corrected chi connectivity index (χ4v) is 3.05. The van der Waals surface area contributed by atoms with E-state index in [9.17, 15) is 9.59 Å². The van der Waals surface area contributed by atoms with E-state index in [2.05, 4.69) is 15.3 Å². The third-order valence-electron chi connectivity index (χ3n) is 3.75. The van der Waals surface area contributed by atoms with Gasteiger partial charge in [-0.25, -0.2) is 9.97 Å². The monoisotopic (exact) mass is 351 g/mol. The standard InChI is InChI=1S/C17H25N3O3S/c1-17(2,3)23-13(21)10-18-12-9-19-16(24-4)20-14(12)15(22)11-7-5-6-8-11/h9,11,18H,5-8,10H2,1-4H3. The van der Waals surface area contributed by atoms with Crippen molar-refractivity contribution in [3.8, 4) is 0 Å². The van der Waals surface area contributed by atoms with Gasteiger partial charge in [0.1, 0.15) is 17.8 Å². The fraction of sp³-hybridized carbons (Fsp3) is 0.647. The zero-order chi connectivity index (χ0) is 17.7. The molecule has 0 aliphatic heterocycles. The molecule has 24 heavy (non-hydrogen) atoms. The molecule has 0 spiro atoms. The molecule has 1 saturated carbocycles. The number of thioether (sulfide) groups is 1. The van der Waals surface area contributed by atoms with Crippen LogP contribution in [0, 0.1) is 5.92 Å². The first-order valence-electron chi connectivity index (χ1n) is 8.21. The lowest BCUT2D eigenvalue weighted by atomic mass is 9.99. The van der Waals surface area contributed by atoms with Crippen molar-refractivity contribution in [2.24, 2.45) is 5.92 Å². The van der Waals surface area contributed by atoms with Crippen LogP contribution >= 0.6 is 11.8 Å². The van der Waals surface area contributed by atoms with E-state index in [4.69, 9.17) is 4.74 Å². The molecular weight excluding hydrogens is 326 g/mol. The molecule has 0 saturated heterocycles. The van der Waals surface area contributed by atoms with Gasteiger partial charge in [0.2, 0.25) is 0 Å². The Balaban J connectivity index is 2.13. The molecule has 0 bridgehead atoms. The fourth-order valence-electron chi connectivity index (χ4n) is 2.71. The Bertz CT molecular complexity index is 608. The summed E-state index contributed by atoms with van der Waals surface area (Å²) in [6.07, 6.45) is 7.42.